The Kier molecular flexibility index (Phi) is 3.80. The Balaban J connectivity index is 2.11. The van der Waals surface area contributed by atoms with E-state index in [9.17, 15) is 4.79 Å². The molecule has 0 atom stereocenters. The Bertz CT molecular complexity index is 529. The van der Waals surface area contributed by atoms with Crippen LogP contribution in [0.3, 0.4) is 0 Å². The summed E-state index contributed by atoms with van der Waals surface area (Å²) in [6.45, 7) is 2.72. The normalized spacial score (nSPS) is 9.83. The predicted molar refractivity (Wildman–Crippen MR) is 68.4 cm³/mol. The fraction of sp³-hybridized carbons (Fsp3) is 0.167. The highest BCUT2D eigenvalue weighted by Crippen LogP contribution is 2.07. The van der Waals surface area contributed by atoms with Crippen molar-refractivity contribution in [2.75, 3.05) is 17.2 Å². The van der Waals surface area contributed by atoms with Crippen LogP contribution in [0.4, 0.5) is 11.5 Å². The third-order valence-corrected chi connectivity index (χ3v) is 2.16. The average molecular weight is 243 g/mol. The molecule has 18 heavy (non-hydrogen) atoms. The predicted octanol–water partition coefficient (Wildman–Crippen LogP) is 1.56. The van der Waals surface area contributed by atoms with E-state index in [4.69, 9.17) is 0 Å². The highest BCUT2D eigenvalue weighted by molar-refractivity contribution is 6.02. The van der Waals surface area contributed by atoms with E-state index in [-0.39, 0.29) is 5.91 Å². The molecule has 0 fully saturated rings. The van der Waals surface area contributed by atoms with Crippen molar-refractivity contribution in [2.45, 2.75) is 6.92 Å². The number of pyridine rings is 1. The van der Waals surface area contributed by atoms with Gasteiger partial charge in [0.1, 0.15) is 17.8 Å². The van der Waals surface area contributed by atoms with Crippen LogP contribution in [0, 0.1) is 0 Å². The molecule has 2 aromatic heterocycles. The second-order valence-electron chi connectivity index (χ2n) is 3.52. The quantitative estimate of drug-likeness (QED) is 0.851. The van der Waals surface area contributed by atoms with Crippen molar-refractivity contribution in [2.24, 2.45) is 0 Å². The molecule has 0 saturated carbocycles. The number of anilines is 2. The zero-order valence-corrected chi connectivity index (χ0v) is 9.92. The van der Waals surface area contributed by atoms with E-state index in [0.717, 1.165) is 6.54 Å². The van der Waals surface area contributed by atoms with E-state index in [0.29, 0.717) is 17.2 Å². The molecule has 1 amide bonds. The molecule has 6 nitrogen and oxygen atoms in total. The maximum Gasteiger partial charge on any atom is 0.274 e. The van der Waals surface area contributed by atoms with Crippen molar-refractivity contribution >= 4 is 17.4 Å². The SMILES string of the molecule is CCNc1cccc(C(=O)Nc2cncnc2)n1. The Hall–Kier alpha value is -2.50. The Morgan fingerprint density at radius 2 is 2.06 bits per heavy atom. The lowest BCUT2D eigenvalue weighted by Crippen LogP contribution is -2.14. The van der Waals surface area contributed by atoms with Crippen LogP contribution >= 0.6 is 0 Å². The summed E-state index contributed by atoms with van der Waals surface area (Å²) in [5.74, 6) is 0.388. The molecule has 0 aliphatic carbocycles. The first-order valence-corrected chi connectivity index (χ1v) is 5.57. The number of nitrogens with one attached hydrogen (secondary N) is 2. The third kappa shape index (κ3) is 3.00. The smallest absolute Gasteiger partial charge is 0.274 e. The minimum atomic E-state index is -0.287. The molecule has 0 spiro atoms. The van der Waals surface area contributed by atoms with E-state index in [2.05, 4.69) is 25.6 Å². The van der Waals surface area contributed by atoms with Crippen LogP contribution in [0.15, 0.2) is 36.9 Å². The van der Waals surface area contributed by atoms with Crippen molar-refractivity contribution in [1.82, 2.24) is 15.0 Å². The van der Waals surface area contributed by atoms with Crippen molar-refractivity contribution in [1.29, 1.82) is 0 Å². The molecule has 0 aromatic carbocycles. The second kappa shape index (κ2) is 5.72. The van der Waals surface area contributed by atoms with Gasteiger partial charge in [0.15, 0.2) is 0 Å². The van der Waals surface area contributed by atoms with Crippen LogP contribution in [-0.2, 0) is 0 Å². The van der Waals surface area contributed by atoms with Gasteiger partial charge in [-0.1, -0.05) is 6.07 Å². The molecule has 0 unspecified atom stereocenters. The van der Waals surface area contributed by atoms with Crippen molar-refractivity contribution in [3.63, 3.8) is 0 Å². The zero-order chi connectivity index (χ0) is 12.8. The van der Waals surface area contributed by atoms with Crippen LogP contribution in [0.25, 0.3) is 0 Å². The maximum absolute atomic E-state index is 11.9. The first-order valence-electron chi connectivity index (χ1n) is 5.57. The molecular weight excluding hydrogens is 230 g/mol. The molecule has 6 heteroatoms. The van der Waals surface area contributed by atoms with Crippen molar-refractivity contribution in [3.05, 3.63) is 42.6 Å². The van der Waals surface area contributed by atoms with Gasteiger partial charge in [-0.2, -0.15) is 0 Å². The van der Waals surface area contributed by atoms with Gasteiger partial charge >= 0.3 is 0 Å². The topological polar surface area (TPSA) is 79.8 Å². The molecule has 92 valence electrons. The number of hydrogen-bond donors (Lipinski definition) is 2. The summed E-state index contributed by atoms with van der Waals surface area (Å²) >= 11 is 0. The number of nitrogens with zero attached hydrogens (tertiary/aromatic N) is 3. The lowest BCUT2D eigenvalue weighted by atomic mass is 10.3. The van der Waals surface area contributed by atoms with Crippen LogP contribution in [0.1, 0.15) is 17.4 Å². The Morgan fingerprint density at radius 3 is 2.78 bits per heavy atom. The molecule has 2 aromatic rings. The van der Waals surface area contributed by atoms with Gasteiger partial charge in [0.2, 0.25) is 0 Å². The molecule has 0 saturated heterocycles. The highest BCUT2D eigenvalue weighted by atomic mass is 16.1. The molecule has 2 N–H and O–H groups in total. The van der Waals surface area contributed by atoms with Gasteiger partial charge < -0.3 is 10.6 Å². The van der Waals surface area contributed by atoms with E-state index in [1.54, 1.807) is 12.1 Å². The van der Waals surface area contributed by atoms with Crippen LogP contribution < -0.4 is 10.6 Å². The minimum Gasteiger partial charge on any atom is -0.370 e. The molecule has 0 bridgehead atoms. The fourth-order valence-electron chi connectivity index (χ4n) is 1.40. The molecule has 0 aliphatic rings. The molecular formula is C12H13N5O. The lowest BCUT2D eigenvalue weighted by molar-refractivity contribution is 0.102. The number of rotatable bonds is 4. The maximum atomic E-state index is 11.9. The molecule has 0 radical (unpaired) electrons. The van der Waals surface area contributed by atoms with Gasteiger partial charge in [-0.05, 0) is 19.1 Å². The number of amides is 1. The summed E-state index contributed by atoms with van der Waals surface area (Å²) in [7, 11) is 0. The standard InChI is InChI=1S/C12H13N5O/c1-2-15-11-5-3-4-10(17-11)12(18)16-9-6-13-8-14-7-9/h3-8H,2H2,1H3,(H,15,17)(H,16,18). The first-order chi connectivity index (χ1) is 8.79. The number of carbonyl (C=O) groups is 1. The second-order valence-corrected chi connectivity index (χ2v) is 3.52. The monoisotopic (exact) mass is 243 g/mol. The number of aromatic nitrogens is 3. The van der Waals surface area contributed by atoms with Crippen LogP contribution in [-0.4, -0.2) is 27.4 Å². The summed E-state index contributed by atoms with van der Waals surface area (Å²) in [4.78, 5) is 23.7. The zero-order valence-electron chi connectivity index (χ0n) is 9.92. The number of carbonyl (C=O) groups excluding carboxylic acids is 1. The first kappa shape index (κ1) is 12.0. The molecule has 2 heterocycles. The van der Waals surface area contributed by atoms with E-state index >= 15 is 0 Å². The average Bonchev–Trinajstić information content (AvgIpc) is 2.40. The van der Waals surface area contributed by atoms with Crippen molar-refractivity contribution < 1.29 is 4.79 Å². The summed E-state index contributed by atoms with van der Waals surface area (Å²) < 4.78 is 0. The Labute approximate surface area is 105 Å². The third-order valence-electron chi connectivity index (χ3n) is 2.16. The van der Waals surface area contributed by atoms with Crippen LogP contribution in [0.5, 0.6) is 0 Å². The summed E-state index contributed by atoms with van der Waals surface area (Å²) in [5.41, 5.74) is 0.885. The molecule has 0 aliphatic heterocycles. The van der Waals surface area contributed by atoms with Crippen LogP contribution in [0.2, 0.25) is 0 Å². The summed E-state index contributed by atoms with van der Waals surface area (Å²) in [6, 6.07) is 5.24. The largest absolute Gasteiger partial charge is 0.370 e. The van der Waals surface area contributed by atoms with Crippen molar-refractivity contribution in [3.8, 4) is 0 Å². The van der Waals surface area contributed by atoms with E-state index in [1.165, 1.54) is 18.7 Å². The van der Waals surface area contributed by atoms with Gasteiger partial charge in [0.25, 0.3) is 5.91 Å². The highest BCUT2D eigenvalue weighted by Gasteiger charge is 2.08. The van der Waals surface area contributed by atoms with Gasteiger partial charge in [0.05, 0.1) is 18.1 Å². The molecule has 2 rings (SSSR count). The van der Waals surface area contributed by atoms with E-state index in [1.807, 2.05) is 13.0 Å². The number of hydrogen-bond acceptors (Lipinski definition) is 5. The van der Waals surface area contributed by atoms with Gasteiger partial charge in [-0.25, -0.2) is 15.0 Å². The van der Waals surface area contributed by atoms with Gasteiger partial charge in [0, 0.05) is 6.54 Å². The summed E-state index contributed by atoms with van der Waals surface area (Å²) in [5, 5.41) is 5.72. The fourth-order valence-corrected chi connectivity index (χ4v) is 1.40. The van der Waals surface area contributed by atoms with E-state index < -0.39 is 0 Å². The van der Waals surface area contributed by atoms with Gasteiger partial charge in [-0.15, -0.1) is 0 Å². The lowest BCUT2D eigenvalue weighted by Gasteiger charge is -2.06. The Morgan fingerprint density at radius 1 is 1.28 bits per heavy atom. The summed E-state index contributed by atoms with van der Waals surface area (Å²) in [6.07, 6.45) is 4.46. The minimum absolute atomic E-state index is 0.287. The van der Waals surface area contributed by atoms with Gasteiger partial charge in [-0.3, -0.25) is 4.79 Å².